The van der Waals surface area contributed by atoms with E-state index in [2.05, 4.69) is 28.9 Å². The number of thioether (sulfide) groups is 1. The minimum absolute atomic E-state index is 0.328. The van der Waals surface area contributed by atoms with E-state index in [1.807, 2.05) is 17.8 Å². The number of hydrogen-bond acceptors (Lipinski definition) is 4. The molecule has 0 spiro atoms. The quantitative estimate of drug-likeness (QED) is 0.733. The largest absolute Gasteiger partial charge is 0.464 e. The van der Waals surface area contributed by atoms with Crippen LogP contribution < -0.4 is 5.32 Å². The van der Waals surface area contributed by atoms with E-state index in [1.54, 1.807) is 6.07 Å². The standard InChI is InChI=1S/C12H20N2O2S/c1-4-17-8-9(2)13-7-10-5-6-11(14-10)12(15)16-3/h5-6,9,13-14H,4,7-8H2,1-3H3. The maximum atomic E-state index is 11.2. The molecule has 0 amide bonds. The maximum Gasteiger partial charge on any atom is 0.354 e. The molecule has 0 aliphatic carbocycles. The molecule has 0 aromatic carbocycles. The third kappa shape index (κ3) is 4.83. The molecular formula is C12H20N2O2S. The third-order valence-electron chi connectivity index (χ3n) is 2.36. The van der Waals surface area contributed by atoms with E-state index in [1.165, 1.54) is 7.11 Å². The van der Waals surface area contributed by atoms with Gasteiger partial charge in [0, 0.05) is 24.0 Å². The summed E-state index contributed by atoms with van der Waals surface area (Å²) in [5, 5.41) is 3.40. The highest BCUT2D eigenvalue weighted by Gasteiger charge is 2.08. The second-order valence-corrected chi connectivity index (χ2v) is 5.15. The molecule has 1 heterocycles. The molecule has 1 rings (SSSR count). The second-order valence-electron chi connectivity index (χ2n) is 3.83. The zero-order valence-corrected chi connectivity index (χ0v) is 11.4. The van der Waals surface area contributed by atoms with Crippen LogP contribution in [0.1, 0.15) is 30.0 Å². The highest BCUT2D eigenvalue weighted by Crippen LogP contribution is 2.05. The van der Waals surface area contributed by atoms with Crippen LogP contribution in [0.5, 0.6) is 0 Å². The molecule has 1 aromatic heterocycles. The van der Waals surface area contributed by atoms with Crippen molar-refractivity contribution in [2.24, 2.45) is 0 Å². The molecule has 0 saturated heterocycles. The van der Waals surface area contributed by atoms with Gasteiger partial charge in [0.05, 0.1) is 7.11 Å². The Kier molecular flexibility index (Phi) is 6.15. The van der Waals surface area contributed by atoms with Gasteiger partial charge < -0.3 is 15.0 Å². The predicted molar refractivity (Wildman–Crippen MR) is 71.4 cm³/mol. The zero-order valence-electron chi connectivity index (χ0n) is 10.6. The van der Waals surface area contributed by atoms with E-state index in [0.717, 1.165) is 23.7 Å². The smallest absolute Gasteiger partial charge is 0.354 e. The SMILES string of the molecule is CCSCC(C)NCc1ccc(C(=O)OC)[nH]1. The highest BCUT2D eigenvalue weighted by atomic mass is 32.2. The minimum Gasteiger partial charge on any atom is -0.464 e. The van der Waals surface area contributed by atoms with E-state index in [9.17, 15) is 4.79 Å². The molecular weight excluding hydrogens is 236 g/mol. The number of H-pyrrole nitrogens is 1. The summed E-state index contributed by atoms with van der Waals surface area (Å²) >= 11 is 1.92. The van der Waals surface area contributed by atoms with Crippen molar-refractivity contribution in [3.8, 4) is 0 Å². The lowest BCUT2D eigenvalue weighted by Gasteiger charge is -2.11. The number of hydrogen-bond donors (Lipinski definition) is 2. The molecule has 0 saturated carbocycles. The van der Waals surface area contributed by atoms with Gasteiger partial charge in [-0.2, -0.15) is 11.8 Å². The van der Waals surface area contributed by atoms with Gasteiger partial charge in [0.15, 0.2) is 0 Å². The molecule has 1 unspecified atom stereocenters. The Balaban J connectivity index is 2.36. The summed E-state index contributed by atoms with van der Waals surface area (Å²) in [5.41, 5.74) is 1.50. The van der Waals surface area contributed by atoms with Crippen LogP contribution in [0.25, 0.3) is 0 Å². The number of carbonyl (C=O) groups is 1. The van der Waals surface area contributed by atoms with Gasteiger partial charge >= 0.3 is 5.97 Å². The molecule has 0 bridgehead atoms. The van der Waals surface area contributed by atoms with Gasteiger partial charge in [0.2, 0.25) is 0 Å². The zero-order chi connectivity index (χ0) is 12.7. The van der Waals surface area contributed by atoms with Crippen LogP contribution in [0.15, 0.2) is 12.1 Å². The van der Waals surface area contributed by atoms with Crippen molar-refractivity contribution in [3.63, 3.8) is 0 Å². The molecule has 0 radical (unpaired) electrons. The van der Waals surface area contributed by atoms with Crippen LogP contribution in [0, 0.1) is 0 Å². The first-order valence-corrected chi connectivity index (χ1v) is 6.90. The summed E-state index contributed by atoms with van der Waals surface area (Å²) in [6, 6.07) is 4.11. The van der Waals surface area contributed by atoms with Crippen molar-refractivity contribution >= 4 is 17.7 Å². The van der Waals surface area contributed by atoms with Crippen LogP contribution in [0.3, 0.4) is 0 Å². The molecule has 4 nitrogen and oxygen atoms in total. The van der Waals surface area contributed by atoms with Gasteiger partial charge in [-0.3, -0.25) is 0 Å². The molecule has 2 N–H and O–H groups in total. The number of methoxy groups -OCH3 is 1. The van der Waals surface area contributed by atoms with Crippen LogP contribution >= 0.6 is 11.8 Å². The van der Waals surface area contributed by atoms with Gasteiger partial charge in [-0.25, -0.2) is 4.79 Å². The molecule has 0 fully saturated rings. The molecule has 1 aromatic rings. The molecule has 17 heavy (non-hydrogen) atoms. The van der Waals surface area contributed by atoms with E-state index >= 15 is 0 Å². The van der Waals surface area contributed by atoms with Gasteiger partial charge in [-0.1, -0.05) is 6.92 Å². The topological polar surface area (TPSA) is 54.1 Å². The number of nitrogens with one attached hydrogen (secondary N) is 2. The van der Waals surface area contributed by atoms with Crippen LogP contribution in [0.4, 0.5) is 0 Å². The van der Waals surface area contributed by atoms with Gasteiger partial charge in [-0.05, 0) is 24.8 Å². The normalized spacial score (nSPS) is 12.4. The number of ether oxygens (including phenoxy) is 1. The van der Waals surface area contributed by atoms with Crippen molar-refractivity contribution in [1.82, 2.24) is 10.3 Å². The average molecular weight is 256 g/mol. The molecule has 0 aliphatic rings. The molecule has 5 heteroatoms. The lowest BCUT2D eigenvalue weighted by Crippen LogP contribution is -2.27. The lowest BCUT2D eigenvalue weighted by atomic mass is 10.3. The Bertz CT molecular complexity index is 352. The fourth-order valence-corrected chi connectivity index (χ4v) is 2.12. The van der Waals surface area contributed by atoms with Crippen molar-refractivity contribution < 1.29 is 9.53 Å². The lowest BCUT2D eigenvalue weighted by molar-refractivity contribution is 0.0594. The minimum atomic E-state index is -0.328. The van der Waals surface area contributed by atoms with Crippen molar-refractivity contribution in [2.75, 3.05) is 18.6 Å². The summed E-state index contributed by atoms with van der Waals surface area (Å²) in [7, 11) is 1.38. The van der Waals surface area contributed by atoms with E-state index < -0.39 is 0 Å². The first-order valence-electron chi connectivity index (χ1n) is 5.74. The number of rotatable bonds is 7. The average Bonchev–Trinajstić information content (AvgIpc) is 2.81. The monoisotopic (exact) mass is 256 g/mol. The van der Waals surface area contributed by atoms with E-state index in [4.69, 9.17) is 0 Å². The summed E-state index contributed by atoms with van der Waals surface area (Å²) in [6.07, 6.45) is 0. The fraction of sp³-hybridized carbons (Fsp3) is 0.583. The Labute approximate surface area is 107 Å². The molecule has 96 valence electrons. The maximum absolute atomic E-state index is 11.2. The second kappa shape index (κ2) is 7.40. The van der Waals surface area contributed by atoms with Crippen LogP contribution in [0.2, 0.25) is 0 Å². The predicted octanol–water partition coefficient (Wildman–Crippen LogP) is 2.03. The Morgan fingerprint density at radius 2 is 2.35 bits per heavy atom. The number of aromatic nitrogens is 1. The van der Waals surface area contributed by atoms with E-state index in [0.29, 0.717) is 11.7 Å². The summed E-state index contributed by atoms with van der Waals surface area (Å²) in [6.45, 7) is 5.06. The number of carbonyl (C=O) groups excluding carboxylic acids is 1. The molecule has 0 aliphatic heterocycles. The number of aromatic amines is 1. The van der Waals surface area contributed by atoms with Gasteiger partial charge in [0.25, 0.3) is 0 Å². The van der Waals surface area contributed by atoms with Crippen molar-refractivity contribution in [2.45, 2.75) is 26.4 Å². The first-order chi connectivity index (χ1) is 8.17. The van der Waals surface area contributed by atoms with E-state index in [-0.39, 0.29) is 5.97 Å². The number of esters is 1. The van der Waals surface area contributed by atoms with Crippen molar-refractivity contribution in [1.29, 1.82) is 0 Å². The van der Waals surface area contributed by atoms with Crippen molar-refractivity contribution in [3.05, 3.63) is 23.5 Å². The van der Waals surface area contributed by atoms with Gasteiger partial charge in [0.1, 0.15) is 5.69 Å². The summed E-state index contributed by atoms with van der Waals surface area (Å²) in [4.78, 5) is 14.3. The fourth-order valence-electron chi connectivity index (χ4n) is 1.41. The summed E-state index contributed by atoms with van der Waals surface area (Å²) < 4.78 is 4.63. The molecule has 1 atom stereocenters. The first kappa shape index (κ1) is 14.1. The van der Waals surface area contributed by atoms with Crippen LogP contribution in [-0.2, 0) is 11.3 Å². The Morgan fingerprint density at radius 3 is 3.00 bits per heavy atom. The highest BCUT2D eigenvalue weighted by molar-refractivity contribution is 7.99. The van der Waals surface area contributed by atoms with Crippen LogP contribution in [-0.4, -0.2) is 35.6 Å². The third-order valence-corrected chi connectivity index (χ3v) is 3.51. The Hall–Kier alpha value is -0.940. The Morgan fingerprint density at radius 1 is 1.59 bits per heavy atom. The van der Waals surface area contributed by atoms with Gasteiger partial charge in [-0.15, -0.1) is 0 Å². The summed E-state index contributed by atoms with van der Waals surface area (Å²) in [5.74, 6) is 1.91.